The summed E-state index contributed by atoms with van der Waals surface area (Å²) >= 11 is 0. The Bertz CT molecular complexity index is 592. The van der Waals surface area contributed by atoms with Crippen LogP contribution in [0.15, 0.2) is 0 Å². The average Bonchev–Trinajstić information content (AvgIpc) is 2.74. The van der Waals surface area contributed by atoms with Crippen molar-refractivity contribution in [3.63, 3.8) is 0 Å². The molecule has 156 valence electrons. The number of hydrogen-bond donors (Lipinski definition) is 0. The molecule has 9 nitrogen and oxygen atoms in total. The van der Waals surface area contributed by atoms with E-state index in [0.29, 0.717) is 45.2 Å². The van der Waals surface area contributed by atoms with E-state index < -0.39 is 12.1 Å². The zero-order valence-electron chi connectivity index (χ0n) is 16.9. The topological polar surface area (TPSA) is 97.2 Å². The van der Waals surface area contributed by atoms with Crippen LogP contribution in [-0.4, -0.2) is 84.1 Å². The number of urea groups is 2. The maximum atomic E-state index is 13.0. The van der Waals surface area contributed by atoms with Crippen molar-refractivity contribution in [2.24, 2.45) is 5.92 Å². The first-order chi connectivity index (χ1) is 13.5. The molecule has 0 aromatic rings. The van der Waals surface area contributed by atoms with Crippen molar-refractivity contribution in [1.82, 2.24) is 19.6 Å². The minimum absolute atomic E-state index is 0.307. The van der Waals surface area contributed by atoms with Crippen LogP contribution in [0.4, 0.5) is 14.4 Å². The van der Waals surface area contributed by atoms with Crippen LogP contribution in [0.1, 0.15) is 45.4 Å². The molecule has 0 aromatic heterocycles. The molecule has 5 amide bonds. The normalized spacial score (nSPS) is 17.6. The lowest BCUT2D eigenvalue weighted by Gasteiger charge is -2.37. The van der Waals surface area contributed by atoms with Crippen LogP contribution in [0, 0.1) is 17.4 Å². The highest BCUT2D eigenvalue weighted by atomic mass is 16.6. The summed E-state index contributed by atoms with van der Waals surface area (Å²) in [7, 11) is 1.36. The minimum atomic E-state index is -0.601. The zero-order chi connectivity index (χ0) is 20.5. The molecule has 0 N–H and O–H groups in total. The zero-order valence-corrected chi connectivity index (χ0v) is 16.9. The van der Waals surface area contributed by atoms with E-state index in [-0.39, 0.29) is 6.09 Å². The van der Waals surface area contributed by atoms with E-state index in [2.05, 4.69) is 0 Å². The van der Waals surface area contributed by atoms with Gasteiger partial charge in [-0.1, -0.05) is 32.1 Å². The number of carbonyl (C=O) groups excluding carboxylic acids is 3. The largest absolute Gasteiger partial charge is 0.450 e. The van der Waals surface area contributed by atoms with Gasteiger partial charge in [0.1, 0.15) is 0 Å². The van der Waals surface area contributed by atoms with Crippen LogP contribution < -0.4 is 0 Å². The Morgan fingerprint density at radius 3 is 2.25 bits per heavy atom. The fraction of sp³-hybridized carbons (Fsp3) is 0.789. The number of rotatable bonds is 4. The predicted molar refractivity (Wildman–Crippen MR) is 102 cm³/mol. The van der Waals surface area contributed by atoms with E-state index in [4.69, 9.17) is 10.00 Å². The second kappa shape index (κ2) is 10.7. The Labute approximate surface area is 166 Å². The maximum absolute atomic E-state index is 13.0. The summed E-state index contributed by atoms with van der Waals surface area (Å²) in [6.07, 6.45) is 8.05. The summed E-state index contributed by atoms with van der Waals surface area (Å²) < 4.78 is 4.99. The van der Waals surface area contributed by atoms with Crippen molar-refractivity contribution in [3.8, 4) is 6.19 Å². The number of ether oxygens (including phenoxy) is 1. The Morgan fingerprint density at radius 2 is 1.68 bits per heavy atom. The summed E-state index contributed by atoms with van der Waals surface area (Å²) in [5.41, 5.74) is 0. The van der Waals surface area contributed by atoms with Gasteiger partial charge in [0, 0.05) is 39.8 Å². The lowest BCUT2D eigenvalue weighted by atomic mass is 9.87. The van der Waals surface area contributed by atoms with Crippen molar-refractivity contribution in [2.75, 3.05) is 46.4 Å². The van der Waals surface area contributed by atoms with Crippen LogP contribution in [0.5, 0.6) is 0 Å². The molecule has 1 aliphatic heterocycles. The quantitative estimate of drug-likeness (QED) is 0.540. The Hall–Kier alpha value is -2.50. The number of piperazine rings is 1. The molecule has 1 saturated heterocycles. The summed E-state index contributed by atoms with van der Waals surface area (Å²) in [4.78, 5) is 42.6. The van der Waals surface area contributed by atoms with Gasteiger partial charge < -0.3 is 14.5 Å². The first kappa shape index (κ1) is 21.8. The SMILES string of the molecule is CCOC(=O)N1CCN(C(=O)N(CCC2CCCCC2)C(=O)N(C)C#N)CC1. The van der Waals surface area contributed by atoms with Gasteiger partial charge in [0.2, 0.25) is 0 Å². The second-order valence-electron chi connectivity index (χ2n) is 7.34. The lowest BCUT2D eigenvalue weighted by Crippen LogP contribution is -2.56. The molecule has 0 atom stereocenters. The number of nitrogens with zero attached hydrogens (tertiary/aromatic N) is 5. The van der Waals surface area contributed by atoms with Gasteiger partial charge in [-0.15, -0.1) is 0 Å². The van der Waals surface area contributed by atoms with Crippen LogP contribution in [0.3, 0.4) is 0 Å². The molecular formula is C19H31N5O4. The average molecular weight is 393 g/mol. The smallest absolute Gasteiger partial charge is 0.409 e. The molecule has 1 heterocycles. The van der Waals surface area contributed by atoms with Gasteiger partial charge in [0.25, 0.3) is 0 Å². The molecule has 28 heavy (non-hydrogen) atoms. The molecule has 1 saturated carbocycles. The first-order valence-electron chi connectivity index (χ1n) is 10.1. The number of nitriles is 1. The second-order valence-corrected chi connectivity index (χ2v) is 7.34. The van der Waals surface area contributed by atoms with Gasteiger partial charge in [-0.05, 0) is 19.3 Å². The fourth-order valence-corrected chi connectivity index (χ4v) is 3.75. The first-order valence-corrected chi connectivity index (χ1v) is 10.1. The van der Waals surface area contributed by atoms with Gasteiger partial charge in [-0.3, -0.25) is 0 Å². The third-order valence-corrected chi connectivity index (χ3v) is 5.46. The van der Waals surface area contributed by atoms with Crippen molar-refractivity contribution < 1.29 is 19.1 Å². The fourth-order valence-electron chi connectivity index (χ4n) is 3.75. The molecule has 9 heteroatoms. The van der Waals surface area contributed by atoms with Crippen LogP contribution in [-0.2, 0) is 4.74 Å². The van der Waals surface area contributed by atoms with Gasteiger partial charge in [0.15, 0.2) is 6.19 Å². The van der Waals surface area contributed by atoms with E-state index in [1.54, 1.807) is 22.9 Å². The molecule has 0 aromatic carbocycles. The van der Waals surface area contributed by atoms with Crippen molar-refractivity contribution in [1.29, 1.82) is 5.26 Å². The minimum Gasteiger partial charge on any atom is -0.450 e. The highest BCUT2D eigenvalue weighted by Crippen LogP contribution is 2.26. The molecule has 2 rings (SSSR count). The molecule has 0 bridgehead atoms. The summed E-state index contributed by atoms with van der Waals surface area (Å²) in [5, 5.41) is 9.05. The van der Waals surface area contributed by atoms with E-state index in [0.717, 1.165) is 24.2 Å². The monoisotopic (exact) mass is 393 g/mol. The number of imide groups is 1. The van der Waals surface area contributed by atoms with E-state index >= 15 is 0 Å². The van der Waals surface area contributed by atoms with Crippen molar-refractivity contribution in [3.05, 3.63) is 0 Å². The van der Waals surface area contributed by atoms with Gasteiger partial charge in [-0.25, -0.2) is 24.2 Å². The highest BCUT2D eigenvalue weighted by Gasteiger charge is 2.32. The third kappa shape index (κ3) is 5.75. The summed E-state index contributed by atoms with van der Waals surface area (Å²) in [6, 6.07) is -0.998. The Balaban J connectivity index is 1.97. The highest BCUT2D eigenvalue weighted by molar-refractivity contribution is 5.94. The van der Waals surface area contributed by atoms with Crippen LogP contribution >= 0.6 is 0 Å². The Morgan fingerprint density at radius 1 is 1.07 bits per heavy atom. The van der Waals surface area contributed by atoms with Crippen LogP contribution in [0.25, 0.3) is 0 Å². The van der Waals surface area contributed by atoms with Gasteiger partial charge in [0.05, 0.1) is 6.61 Å². The third-order valence-electron chi connectivity index (χ3n) is 5.46. The van der Waals surface area contributed by atoms with E-state index in [1.165, 1.54) is 31.2 Å². The summed E-state index contributed by atoms with van der Waals surface area (Å²) in [5.74, 6) is 0.518. The maximum Gasteiger partial charge on any atom is 0.409 e. The van der Waals surface area contributed by atoms with E-state index in [9.17, 15) is 14.4 Å². The number of amides is 5. The van der Waals surface area contributed by atoms with Crippen molar-refractivity contribution in [2.45, 2.75) is 45.4 Å². The molecule has 0 radical (unpaired) electrons. The predicted octanol–water partition coefficient (Wildman–Crippen LogP) is 2.69. The molecule has 2 fully saturated rings. The van der Waals surface area contributed by atoms with Crippen molar-refractivity contribution >= 4 is 18.2 Å². The Kier molecular flexibility index (Phi) is 8.36. The van der Waals surface area contributed by atoms with E-state index in [1.807, 2.05) is 0 Å². The van der Waals surface area contributed by atoms with Gasteiger partial charge in [-0.2, -0.15) is 5.26 Å². The molecule has 1 aliphatic carbocycles. The van der Waals surface area contributed by atoms with Crippen LogP contribution in [0.2, 0.25) is 0 Å². The summed E-state index contributed by atoms with van der Waals surface area (Å²) in [6.45, 7) is 3.77. The lowest BCUT2D eigenvalue weighted by molar-refractivity contribution is 0.0788. The molecule has 0 unspecified atom stereocenters. The standard InChI is InChI=1S/C19H31N5O4/c1-3-28-19(27)23-13-11-22(12-14-23)18(26)24(17(25)21(2)15-20)10-9-16-7-5-4-6-8-16/h16H,3-14H2,1-2H3. The molecular weight excluding hydrogens is 362 g/mol. The number of carbonyl (C=O) groups is 3. The molecule has 0 spiro atoms. The van der Waals surface area contributed by atoms with Gasteiger partial charge >= 0.3 is 18.2 Å². The molecule has 2 aliphatic rings. The number of hydrogen-bond acceptors (Lipinski definition) is 5.